The summed E-state index contributed by atoms with van der Waals surface area (Å²) in [5.74, 6) is 1.15. The van der Waals surface area contributed by atoms with Gasteiger partial charge in [-0.1, -0.05) is 54.6 Å². The van der Waals surface area contributed by atoms with Crippen LogP contribution in [0.25, 0.3) is 11.2 Å². The van der Waals surface area contributed by atoms with Gasteiger partial charge in [0, 0.05) is 6.92 Å². The molecule has 0 saturated heterocycles. The van der Waals surface area contributed by atoms with Crippen LogP contribution in [0, 0.1) is 0 Å². The molecule has 5 aromatic rings. The average molecular weight is 584 g/mol. The first kappa shape index (κ1) is 29.5. The van der Waals surface area contributed by atoms with Crippen LogP contribution in [0.2, 0.25) is 0 Å². The number of imidazole rings is 1. The molecule has 1 unspecified atom stereocenters. The molecule has 222 valence electrons. The van der Waals surface area contributed by atoms with Crippen LogP contribution >= 0.6 is 0 Å². The number of amides is 1. The molecule has 0 aliphatic heterocycles. The molecule has 43 heavy (non-hydrogen) atoms. The lowest BCUT2D eigenvalue weighted by atomic mass is 9.80. The Bertz CT molecular complexity index is 1690. The monoisotopic (exact) mass is 583 g/mol. The lowest BCUT2D eigenvalue weighted by molar-refractivity contribution is -0.114. The number of nitrogens with one attached hydrogen (secondary N) is 2. The molecule has 2 N–H and O–H groups in total. The fourth-order valence-electron chi connectivity index (χ4n) is 4.85. The van der Waals surface area contributed by atoms with Crippen molar-refractivity contribution in [2.75, 3.05) is 26.1 Å². The van der Waals surface area contributed by atoms with Crippen molar-refractivity contribution in [3.8, 4) is 11.5 Å². The Morgan fingerprint density at radius 2 is 1.51 bits per heavy atom. The molecule has 0 bridgehead atoms. The third kappa shape index (κ3) is 6.27. The Morgan fingerprint density at radius 3 is 2.07 bits per heavy atom. The first-order chi connectivity index (χ1) is 20.8. The third-order valence-corrected chi connectivity index (χ3v) is 6.98. The van der Waals surface area contributed by atoms with Gasteiger partial charge in [0.05, 0.1) is 33.3 Å². The van der Waals surface area contributed by atoms with E-state index in [1.54, 1.807) is 18.8 Å². The molecule has 0 saturated carbocycles. The minimum Gasteiger partial charge on any atom is -0.497 e. The Balaban J connectivity index is 1.44. The number of hydrogen-bond acceptors (Lipinski definition) is 8. The Kier molecular flexibility index (Phi) is 8.84. The van der Waals surface area contributed by atoms with E-state index in [9.17, 15) is 9.59 Å². The maximum absolute atomic E-state index is 12.4. The highest BCUT2D eigenvalue weighted by atomic mass is 16.5. The number of H-pyrrole nitrogens is 1. The van der Waals surface area contributed by atoms with Gasteiger partial charge in [-0.2, -0.15) is 4.98 Å². The second-order valence-corrected chi connectivity index (χ2v) is 9.90. The zero-order valence-electron chi connectivity index (χ0n) is 24.4. The van der Waals surface area contributed by atoms with E-state index < -0.39 is 11.2 Å². The van der Waals surface area contributed by atoms with E-state index >= 15 is 0 Å². The summed E-state index contributed by atoms with van der Waals surface area (Å²) >= 11 is 0. The Morgan fingerprint density at radius 1 is 0.930 bits per heavy atom. The van der Waals surface area contributed by atoms with Crippen molar-refractivity contribution in [2.24, 2.45) is 0 Å². The number of aromatic nitrogens is 4. The maximum atomic E-state index is 12.4. The Labute approximate surface area is 248 Å². The topological polar surface area (TPSA) is 130 Å². The quantitative estimate of drug-likeness (QED) is 0.206. The van der Waals surface area contributed by atoms with Gasteiger partial charge in [0.1, 0.15) is 23.8 Å². The molecule has 2 heterocycles. The largest absolute Gasteiger partial charge is 0.497 e. The zero-order valence-corrected chi connectivity index (χ0v) is 24.4. The van der Waals surface area contributed by atoms with Crippen LogP contribution in [-0.4, -0.2) is 52.4 Å². The van der Waals surface area contributed by atoms with Crippen molar-refractivity contribution in [3.63, 3.8) is 0 Å². The standard InChI is InChI=1S/C32H33N5O6/c1-21(42-20-37-19-33-28-29(37)35-31(34-22(2)38)36-30(28)39)18-43-32(23-8-6-5-7-9-23,24-10-14-26(40-3)15-11-24)25-12-16-27(41-4)17-13-25/h5-17,19,21H,18,20H2,1-4H3,(H2,34,35,36,38,39). The van der Waals surface area contributed by atoms with Gasteiger partial charge in [-0.15, -0.1) is 0 Å². The first-order valence-electron chi connectivity index (χ1n) is 13.7. The van der Waals surface area contributed by atoms with E-state index in [0.717, 1.165) is 28.2 Å². The van der Waals surface area contributed by atoms with Crippen LogP contribution in [-0.2, 0) is 26.6 Å². The van der Waals surface area contributed by atoms with Gasteiger partial charge >= 0.3 is 0 Å². The zero-order chi connectivity index (χ0) is 30.4. The second-order valence-electron chi connectivity index (χ2n) is 9.90. The summed E-state index contributed by atoms with van der Waals surface area (Å²) in [5.41, 5.74) is 1.74. The summed E-state index contributed by atoms with van der Waals surface area (Å²) in [4.78, 5) is 34.9. The van der Waals surface area contributed by atoms with Crippen LogP contribution in [0.15, 0.2) is 90.0 Å². The molecule has 3 aromatic carbocycles. The summed E-state index contributed by atoms with van der Waals surface area (Å²) in [6.07, 6.45) is 1.09. The minimum absolute atomic E-state index is 0.0368. The van der Waals surface area contributed by atoms with E-state index in [1.165, 1.54) is 13.3 Å². The first-order valence-corrected chi connectivity index (χ1v) is 13.7. The highest BCUT2D eigenvalue weighted by Gasteiger charge is 2.38. The number of fused-ring (bicyclic) bond motifs is 1. The lowest BCUT2D eigenvalue weighted by Crippen LogP contribution is -2.36. The molecule has 0 spiro atoms. The van der Waals surface area contributed by atoms with Gasteiger partial charge in [0.25, 0.3) is 5.56 Å². The SMILES string of the molecule is COc1ccc(C(OCC(C)OCn2cnc3c(=O)[nH]c(NC(C)=O)nc32)(c2ccccc2)c2ccc(OC)cc2)cc1. The number of aromatic amines is 1. The smallest absolute Gasteiger partial charge is 0.280 e. The van der Waals surface area contributed by atoms with Crippen molar-refractivity contribution in [1.82, 2.24) is 19.5 Å². The molecular formula is C32H33N5O6. The van der Waals surface area contributed by atoms with Crippen LogP contribution in [0.5, 0.6) is 11.5 Å². The minimum atomic E-state index is -0.985. The van der Waals surface area contributed by atoms with Gasteiger partial charge in [-0.3, -0.25) is 24.5 Å². The molecule has 2 aromatic heterocycles. The van der Waals surface area contributed by atoms with Crippen LogP contribution < -0.4 is 20.3 Å². The van der Waals surface area contributed by atoms with E-state index in [2.05, 4.69) is 20.3 Å². The summed E-state index contributed by atoms with van der Waals surface area (Å²) in [6, 6.07) is 25.6. The molecule has 5 rings (SSSR count). The van der Waals surface area contributed by atoms with Gasteiger partial charge < -0.3 is 18.9 Å². The molecule has 0 fully saturated rings. The number of rotatable bonds is 12. The van der Waals surface area contributed by atoms with Gasteiger partial charge in [0.15, 0.2) is 11.2 Å². The van der Waals surface area contributed by atoms with Gasteiger partial charge in [-0.05, 0) is 47.9 Å². The summed E-state index contributed by atoms with van der Waals surface area (Å²) in [7, 11) is 3.27. The molecule has 11 heteroatoms. The number of anilines is 1. The van der Waals surface area contributed by atoms with E-state index in [-0.39, 0.29) is 42.5 Å². The molecule has 11 nitrogen and oxygen atoms in total. The second kappa shape index (κ2) is 12.9. The van der Waals surface area contributed by atoms with E-state index in [4.69, 9.17) is 18.9 Å². The Hall–Kier alpha value is -5.00. The predicted molar refractivity (Wildman–Crippen MR) is 161 cm³/mol. The number of nitrogens with zero attached hydrogens (tertiary/aromatic N) is 3. The maximum Gasteiger partial charge on any atom is 0.280 e. The fourth-order valence-corrected chi connectivity index (χ4v) is 4.85. The van der Waals surface area contributed by atoms with E-state index in [1.807, 2.05) is 85.8 Å². The summed E-state index contributed by atoms with van der Waals surface area (Å²) in [6.45, 7) is 3.50. The van der Waals surface area contributed by atoms with Crippen LogP contribution in [0.3, 0.4) is 0 Å². The van der Waals surface area contributed by atoms with Crippen LogP contribution in [0.4, 0.5) is 5.95 Å². The molecule has 0 aliphatic carbocycles. The van der Waals surface area contributed by atoms with Crippen molar-refractivity contribution < 1.29 is 23.7 Å². The van der Waals surface area contributed by atoms with Crippen molar-refractivity contribution in [1.29, 1.82) is 0 Å². The predicted octanol–water partition coefficient (Wildman–Crippen LogP) is 4.47. The fraction of sp³-hybridized carbons (Fsp3) is 0.250. The van der Waals surface area contributed by atoms with Crippen molar-refractivity contribution in [3.05, 3.63) is 112 Å². The molecule has 1 atom stereocenters. The normalized spacial score (nSPS) is 12.2. The summed E-state index contributed by atoms with van der Waals surface area (Å²) in [5, 5.41) is 2.49. The molecule has 0 aliphatic rings. The van der Waals surface area contributed by atoms with Crippen molar-refractivity contribution in [2.45, 2.75) is 32.3 Å². The van der Waals surface area contributed by atoms with Crippen LogP contribution in [0.1, 0.15) is 30.5 Å². The number of benzene rings is 3. The van der Waals surface area contributed by atoms with Gasteiger partial charge in [-0.25, -0.2) is 4.98 Å². The number of hydrogen-bond donors (Lipinski definition) is 2. The lowest BCUT2D eigenvalue weighted by Gasteiger charge is -2.37. The van der Waals surface area contributed by atoms with Crippen molar-refractivity contribution >= 4 is 23.0 Å². The van der Waals surface area contributed by atoms with E-state index in [0.29, 0.717) is 0 Å². The average Bonchev–Trinajstić information content (AvgIpc) is 3.44. The number of carbonyl (C=O) groups is 1. The number of carbonyl (C=O) groups excluding carboxylic acids is 1. The summed E-state index contributed by atoms with van der Waals surface area (Å²) < 4.78 is 25.5. The highest BCUT2D eigenvalue weighted by Crippen LogP contribution is 2.41. The molecule has 1 amide bonds. The number of ether oxygens (including phenoxy) is 4. The molecule has 0 radical (unpaired) electrons. The number of methoxy groups -OCH3 is 2. The van der Waals surface area contributed by atoms with Gasteiger partial charge in [0.2, 0.25) is 11.9 Å². The third-order valence-electron chi connectivity index (χ3n) is 6.98. The highest BCUT2D eigenvalue weighted by molar-refractivity contribution is 5.87. The molecular weight excluding hydrogens is 550 g/mol.